The second kappa shape index (κ2) is 12.2. The van der Waals surface area contributed by atoms with Crippen LogP contribution in [0.25, 0.3) is 0 Å². The predicted molar refractivity (Wildman–Crippen MR) is 160 cm³/mol. The fraction of sp³-hybridized carbons (Fsp3) is 0.355. The van der Waals surface area contributed by atoms with E-state index in [1.165, 1.54) is 17.0 Å². The van der Waals surface area contributed by atoms with Crippen molar-refractivity contribution in [3.8, 4) is 0 Å². The Hall–Kier alpha value is -2.84. The number of halogens is 4. The van der Waals surface area contributed by atoms with Crippen LogP contribution in [-0.2, 0) is 21.7 Å². The van der Waals surface area contributed by atoms with Crippen molar-refractivity contribution < 1.29 is 18.7 Å². The first kappa shape index (κ1) is 29.6. The molecule has 3 aromatic carbocycles. The van der Waals surface area contributed by atoms with E-state index in [-0.39, 0.29) is 17.8 Å². The summed E-state index contributed by atoms with van der Waals surface area (Å²) in [6.45, 7) is 3.61. The third kappa shape index (κ3) is 6.19. The van der Waals surface area contributed by atoms with Crippen molar-refractivity contribution in [3.63, 3.8) is 0 Å². The molecule has 41 heavy (non-hydrogen) atoms. The van der Waals surface area contributed by atoms with E-state index in [1.807, 2.05) is 24.3 Å². The van der Waals surface area contributed by atoms with Crippen LogP contribution in [0.15, 0.2) is 60.7 Å². The van der Waals surface area contributed by atoms with Gasteiger partial charge in [-0.05, 0) is 60.9 Å². The van der Waals surface area contributed by atoms with Gasteiger partial charge in [-0.15, -0.1) is 0 Å². The molecule has 1 spiro atoms. The molecule has 1 fully saturated rings. The van der Waals surface area contributed by atoms with E-state index in [2.05, 4.69) is 17.1 Å². The van der Waals surface area contributed by atoms with Gasteiger partial charge in [0.05, 0.1) is 21.7 Å². The maximum absolute atomic E-state index is 14.3. The van der Waals surface area contributed by atoms with E-state index in [0.29, 0.717) is 65.2 Å². The Morgan fingerprint density at radius 1 is 1.02 bits per heavy atom. The molecular formula is C31H31Cl3FN3O3. The summed E-state index contributed by atoms with van der Waals surface area (Å²) < 4.78 is 20.2. The van der Waals surface area contributed by atoms with Crippen LogP contribution in [0.5, 0.6) is 0 Å². The Morgan fingerprint density at radius 2 is 1.76 bits per heavy atom. The summed E-state index contributed by atoms with van der Waals surface area (Å²) >= 11 is 18.8. The number of piperidine rings is 1. The number of nitrogens with zero attached hydrogens (tertiary/aromatic N) is 2. The SMILES string of the molecule is CC(CC(C(=O)NCc1ccccc1Cl)c1ccc(Cl)c(Cl)c1)N1CCC2(CC1)OC(=O)N(C)c1ccc(F)cc12. The number of hydrogen-bond donors (Lipinski definition) is 1. The van der Waals surface area contributed by atoms with Gasteiger partial charge in [-0.3, -0.25) is 9.69 Å². The molecule has 2 atom stereocenters. The van der Waals surface area contributed by atoms with Crippen LogP contribution >= 0.6 is 34.8 Å². The van der Waals surface area contributed by atoms with Crippen LogP contribution in [0.1, 0.15) is 48.8 Å². The highest BCUT2D eigenvalue weighted by molar-refractivity contribution is 6.42. The average molecular weight is 619 g/mol. The molecule has 0 radical (unpaired) electrons. The zero-order chi connectivity index (χ0) is 29.3. The third-order valence-corrected chi connectivity index (χ3v) is 9.35. The lowest BCUT2D eigenvalue weighted by Gasteiger charge is -2.47. The molecule has 0 aliphatic carbocycles. The number of nitrogens with one attached hydrogen (secondary N) is 1. The second-order valence-corrected chi connectivity index (χ2v) is 12.0. The maximum atomic E-state index is 14.3. The number of benzene rings is 3. The van der Waals surface area contributed by atoms with Gasteiger partial charge in [-0.2, -0.15) is 0 Å². The Morgan fingerprint density at radius 3 is 2.46 bits per heavy atom. The lowest BCUT2D eigenvalue weighted by molar-refractivity contribution is -0.123. The van der Waals surface area contributed by atoms with Crippen molar-refractivity contribution >= 4 is 52.5 Å². The number of hydrogen-bond acceptors (Lipinski definition) is 4. The van der Waals surface area contributed by atoms with Crippen molar-refractivity contribution in [1.82, 2.24) is 10.2 Å². The number of likely N-dealkylation sites (tertiary alicyclic amines) is 1. The van der Waals surface area contributed by atoms with Gasteiger partial charge in [0, 0.05) is 56.2 Å². The quantitative estimate of drug-likeness (QED) is 0.297. The lowest BCUT2D eigenvalue weighted by atomic mass is 9.81. The van der Waals surface area contributed by atoms with Gasteiger partial charge in [0.25, 0.3) is 0 Å². The normalized spacial score (nSPS) is 18.0. The number of amides is 2. The second-order valence-electron chi connectivity index (χ2n) is 10.7. The summed E-state index contributed by atoms with van der Waals surface area (Å²) in [4.78, 5) is 29.9. The van der Waals surface area contributed by atoms with Crippen LogP contribution < -0.4 is 10.2 Å². The number of carbonyl (C=O) groups is 2. The van der Waals surface area contributed by atoms with Crippen molar-refractivity contribution in [2.24, 2.45) is 0 Å². The fourth-order valence-electron chi connectivity index (χ4n) is 5.81. The van der Waals surface area contributed by atoms with Crippen LogP contribution in [0.3, 0.4) is 0 Å². The molecule has 1 saturated heterocycles. The van der Waals surface area contributed by atoms with Gasteiger partial charge in [0.15, 0.2) is 0 Å². The van der Waals surface area contributed by atoms with E-state index in [9.17, 15) is 14.0 Å². The van der Waals surface area contributed by atoms with Gasteiger partial charge in [0.1, 0.15) is 11.4 Å². The Balaban J connectivity index is 1.32. The van der Waals surface area contributed by atoms with Crippen LogP contribution in [0.4, 0.5) is 14.9 Å². The minimum atomic E-state index is -0.882. The number of ether oxygens (including phenoxy) is 1. The van der Waals surface area contributed by atoms with E-state index in [1.54, 1.807) is 31.3 Å². The molecular weight excluding hydrogens is 588 g/mol. The van der Waals surface area contributed by atoms with Crippen molar-refractivity contribution in [3.05, 3.63) is 98.2 Å². The first-order chi connectivity index (χ1) is 19.6. The zero-order valence-corrected chi connectivity index (χ0v) is 25.1. The topological polar surface area (TPSA) is 61.9 Å². The molecule has 2 heterocycles. The summed E-state index contributed by atoms with van der Waals surface area (Å²) in [5.74, 6) is -0.996. The molecule has 2 aliphatic heterocycles. The van der Waals surface area contributed by atoms with Gasteiger partial charge >= 0.3 is 6.09 Å². The number of anilines is 1. The van der Waals surface area contributed by atoms with Gasteiger partial charge < -0.3 is 15.0 Å². The first-order valence-electron chi connectivity index (χ1n) is 13.5. The highest BCUT2D eigenvalue weighted by Crippen LogP contribution is 2.46. The van der Waals surface area contributed by atoms with Crippen LogP contribution in [-0.4, -0.2) is 43.1 Å². The fourth-order valence-corrected chi connectivity index (χ4v) is 6.32. The highest BCUT2D eigenvalue weighted by Gasteiger charge is 2.47. The Kier molecular flexibility index (Phi) is 8.81. The van der Waals surface area contributed by atoms with Crippen molar-refractivity contribution in [2.75, 3.05) is 25.0 Å². The third-order valence-electron chi connectivity index (χ3n) is 8.25. The van der Waals surface area contributed by atoms with E-state index >= 15 is 0 Å². The molecule has 2 aliphatic rings. The standard InChI is InChI=1S/C31H31Cl3FN3O3/c1-19(38-13-11-31(12-14-38)24-17-22(35)8-10-28(24)37(2)30(40)41-31)15-23(20-7-9-26(33)27(34)16-20)29(39)36-18-21-5-3-4-6-25(21)32/h3-10,16-17,19,23H,11-15,18H2,1-2H3,(H,36,39). The van der Waals surface area contributed by atoms with E-state index < -0.39 is 17.6 Å². The number of rotatable bonds is 7. The molecule has 3 aromatic rings. The average Bonchev–Trinajstić information content (AvgIpc) is 2.96. The van der Waals surface area contributed by atoms with Crippen molar-refractivity contribution in [1.29, 1.82) is 0 Å². The minimum absolute atomic E-state index is 0.00631. The molecule has 0 aromatic heterocycles. The Labute approximate surface area is 254 Å². The zero-order valence-electron chi connectivity index (χ0n) is 22.8. The maximum Gasteiger partial charge on any atom is 0.414 e. The largest absolute Gasteiger partial charge is 0.437 e. The number of fused-ring (bicyclic) bond motifs is 2. The summed E-state index contributed by atoms with van der Waals surface area (Å²) in [5, 5.41) is 4.43. The smallest absolute Gasteiger partial charge is 0.414 e. The highest BCUT2D eigenvalue weighted by atomic mass is 35.5. The summed E-state index contributed by atoms with van der Waals surface area (Å²) in [6.07, 6.45) is 1.11. The predicted octanol–water partition coefficient (Wildman–Crippen LogP) is 7.54. The van der Waals surface area contributed by atoms with Crippen molar-refractivity contribution in [2.45, 2.75) is 50.3 Å². The molecule has 216 valence electrons. The molecule has 6 nitrogen and oxygen atoms in total. The van der Waals surface area contributed by atoms with Gasteiger partial charge in [-0.1, -0.05) is 59.1 Å². The van der Waals surface area contributed by atoms with E-state index in [0.717, 1.165) is 11.1 Å². The van der Waals surface area contributed by atoms with Crippen LogP contribution in [0, 0.1) is 5.82 Å². The molecule has 0 bridgehead atoms. The summed E-state index contributed by atoms with van der Waals surface area (Å²) in [7, 11) is 1.63. The first-order valence-corrected chi connectivity index (χ1v) is 14.7. The minimum Gasteiger partial charge on any atom is -0.437 e. The monoisotopic (exact) mass is 617 g/mol. The Bertz CT molecular complexity index is 1460. The van der Waals surface area contributed by atoms with Gasteiger partial charge in [0.2, 0.25) is 5.91 Å². The summed E-state index contributed by atoms with van der Waals surface area (Å²) in [6, 6.07) is 17.1. The molecule has 1 N–H and O–H groups in total. The van der Waals surface area contributed by atoms with E-state index in [4.69, 9.17) is 39.5 Å². The number of carbonyl (C=O) groups excluding carboxylic acids is 2. The van der Waals surface area contributed by atoms with Gasteiger partial charge in [-0.25, -0.2) is 9.18 Å². The molecule has 0 saturated carbocycles. The van der Waals surface area contributed by atoms with Crippen LogP contribution in [0.2, 0.25) is 15.1 Å². The molecule has 2 amide bonds. The lowest BCUT2D eigenvalue weighted by Crippen LogP contribution is -2.52. The summed E-state index contributed by atoms with van der Waals surface area (Å²) in [5.41, 5.74) is 2.07. The molecule has 5 rings (SSSR count). The molecule has 10 heteroatoms. The molecule has 2 unspecified atom stereocenters.